The Morgan fingerprint density at radius 3 is 2.43 bits per heavy atom. The number of rotatable bonds is 7. The Balaban J connectivity index is 1.41. The Morgan fingerprint density at radius 1 is 1.10 bits per heavy atom. The van der Waals surface area contributed by atoms with E-state index in [9.17, 15) is 18.0 Å². The van der Waals surface area contributed by atoms with E-state index in [1.165, 1.54) is 12.1 Å². The lowest BCUT2D eigenvalue weighted by Crippen LogP contribution is -2.47. The smallest absolute Gasteiger partial charge is 0.253 e. The Bertz CT molecular complexity index is 993. The predicted molar refractivity (Wildman–Crippen MR) is 113 cm³/mol. The van der Waals surface area contributed by atoms with Gasteiger partial charge in [-0.25, -0.2) is 13.1 Å². The van der Waals surface area contributed by atoms with Crippen LogP contribution in [-0.4, -0.2) is 55.8 Å². The molecule has 8 nitrogen and oxygen atoms in total. The van der Waals surface area contributed by atoms with E-state index in [2.05, 4.69) is 15.0 Å². The first-order valence-electron chi connectivity index (χ1n) is 9.59. The van der Waals surface area contributed by atoms with Crippen LogP contribution in [0.4, 0.5) is 0 Å². The number of likely N-dealkylation sites (tertiary alicyclic amines) is 1. The van der Waals surface area contributed by atoms with E-state index >= 15 is 0 Å². The van der Waals surface area contributed by atoms with Gasteiger partial charge in [-0.3, -0.25) is 14.6 Å². The number of nitrogens with one attached hydrogen (secondary N) is 2. The van der Waals surface area contributed by atoms with E-state index in [1.54, 1.807) is 41.6 Å². The fourth-order valence-electron chi connectivity index (χ4n) is 3.24. The quantitative estimate of drug-likeness (QED) is 0.668. The summed E-state index contributed by atoms with van der Waals surface area (Å²) in [6, 6.07) is 9.45. The third-order valence-electron chi connectivity index (χ3n) is 4.84. The Hall–Kier alpha value is -2.49. The molecule has 0 spiro atoms. The highest BCUT2D eigenvalue weighted by atomic mass is 35.5. The third kappa shape index (κ3) is 5.78. The van der Waals surface area contributed by atoms with Crippen molar-refractivity contribution in [3.63, 3.8) is 0 Å². The van der Waals surface area contributed by atoms with Crippen molar-refractivity contribution >= 4 is 33.4 Å². The topological polar surface area (TPSA) is 108 Å². The van der Waals surface area contributed by atoms with Crippen LogP contribution in [0.15, 0.2) is 53.7 Å². The SMILES string of the molecule is O=C(CCNS(=O)(=O)c1ccccc1Cl)NC1CCN(C(=O)c2ccncc2)CC1. The zero-order valence-corrected chi connectivity index (χ0v) is 17.8. The summed E-state index contributed by atoms with van der Waals surface area (Å²) in [5, 5.41) is 3.04. The minimum Gasteiger partial charge on any atom is -0.353 e. The number of carbonyl (C=O) groups is 2. The highest BCUT2D eigenvalue weighted by molar-refractivity contribution is 7.89. The maximum Gasteiger partial charge on any atom is 0.253 e. The van der Waals surface area contributed by atoms with Crippen LogP contribution in [0.5, 0.6) is 0 Å². The van der Waals surface area contributed by atoms with Gasteiger partial charge in [-0.2, -0.15) is 0 Å². The molecule has 0 aliphatic carbocycles. The van der Waals surface area contributed by atoms with Gasteiger partial charge in [-0.15, -0.1) is 0 Å². The van der Waals surface area contributed by atoms with E-state index in [1.807, 2.05) is 0 Å². The number of sulfonamides is 1. The maximum atomic E-state index is 12.4. The zero-order chi connectivity index (χ0) is 21.6. The normalized spacial score (nSPS) is 15.0. The molecule has 1 saturated heterocycles. The number of aromatic nitrogens is 1. The van der Waals surface area contributed by atoms with Gasteiger partial charge in [0.05, 0.1) is 5.02 Å². The third-order valence-corrected chi connectivity index (χ3v) is 6.81. The molecule has 1 aromatic carbocycles. The molecule has 30 heavy (non-hydrogen) atoms. The van der Waals surface area contributed by atoms with Gasteiger partial charge in [0, 0.05) is 50.1 Å². The molecule has 3 rings (SSSR count). The van der Waals surface area contributed by atoms with Crippen molar-refractivity contribution in [1.29, 1.82) is 0 Å². The molecule has 1 aromatic heterocycles. The minimum absolute atomic E-state index is 0.0137. The number of benzene rings is 1. The van der Waals surface area contributed by atoms with E-state index in [0.717, 1.165) is 0 Å². The summed E-state index contributed by atoms with van der Waals surface area (Å²) in [4.78, 5) is 30.3. The van der Waals surface area contributed by atoms with E-state index in [4.69, 9.17) is 11.6 Å². The largest absolute Gasteiger partial charge is 0.353 e. The molecule has 2 amide bonds. The number of halogens is 1. The molecule has 0 bridgehead atoms. The Labute approximate surface area is 180 Å². The molecule has 0 saturated carbocycles. The summed E-state index contributed by atoms with van der Waals surface area (Å²) in [6.45, 7) is 1.06. The monoisotopic (exact) mass is 450 g/mol. The number of hydrogen-bond acceptors (Lipinski definition) is 5. The van der Waals surface area contributed by atoms with E-state index < -0.39 is 10.0 Å². The van der Waals surface area contributed by atoms with Crippen molar-refractivity contribution in [1.82, 2.24) is 19.9 Å². The van der Waals surface area contributed by atoms with Crippen molar-refractivity contribution in [2.45, 2.75) is 30.2 Å². The van der Waals surface area contributed by atoms with Crippen LogP contribution < -0.4 is 10.0 Å². The Morgan fingerprint density at radius 2 is 1.77 bits per heavy atom. The number of carbonyl (C=O) groups excluding carboxylic acids is 2. The van der Waals surface area contributed by atoms with Crippen LogP contribution in [0, 0.1) is 0 Å². The summed E-state index contributed by atoms with van der Waals surface area (Å²) in [5.41, 5.74) is 0.596. The summed E-state index contributed by atoms with van der Waals surface area (Å²) in [5.74, 6) is -0.285. The van der Waals surface area contributed by atoms with Crippen LogP contribution in [-0.2, 0) is 14.8 Å². The lowest BCUT2D eigenvalue weighted by molar-refractivity contribution is -0.121. The van der Waals surface area contributed by atoms with Gasteiger partial charge in [0.15, 0.2) is 0 Å². The first-order valence-corrected chi connectivity index (χ1v) is 11.5. The zero-order valence-electron chi connectivity index (χ0n) is 16.3. The molecule has 2 N–H and O–H groups in total. The van der Waals surface area contributed by atoms with Crippen molar-refractivity contribution in [3.05, 3.63) is 59.4 Å². The molecule has 0 radical (unpaired) electrons. The molecule has 1 fully saturated rings. The van der Waals surface area contributed by atoms with Gasteiger partial charge >= 0.3 is 0 Å². The molecule has 2 heterocycles. The molecule has 10 heteroatoms. The predicted octanol–water partition coefficient (Wildman–Crippen LogP) is 1.82. The average molecular weight is 451 g/mol. The first kappa shape index (κ1) is 22.2. The molecule has 160 valence electrons. The minimum atomic E-state index is -3.77. The second-order valence-corrected chi connectivity index (χ2v) is 9.09. The number of pyridine rings is 1. The standard InChI is InChI=1S/C20H23ClN4O4S/c21-17-3-1-2-4-18(17)30(28,29)23-12-7-19(26)24-16-8-13-25(14-9-16)20(27)15-5-10-22-11-6-15/h1-6,10-11,16,23H,7-9,12-14H2,(H,24,26). The van der Waals surface area contributed by atoms with Gasteiger partial charge in [0.1, 0.15) is 4.90 Å². The van der Waals surface area contributed by atoms with Crippen molar-refractivity contribution in [2.75, 3.05) is 19.6 Å². The second kappa shape index (κ2) is 10.0. The molecule has 0 unspecified atom stereocenters. The Kier molecular flexibility index (Phi) is 7.41. The molecular formula is C20H23ClN4O4S. The van der Waals surface area contributed by atoms with Crippen LogP contribution in [0.25, 0.3) is 0 Å². The van der Waals surface area contributed by atoms with Gasteiger partial charge < -0.3 is 10.2 Å². The van der Waals surface area contributed by atoms with Crippen molar-refractivity contribution < 1.29 is 18.0 Å². The van der Waals surface area contributed by atoms with Gasteiger partial charge in [0.2, 0.25) is 15.9 Å². The number of hydrogen-bond donors (Lipinski definition) is 2. The average Bonchev–Trinajstić information content (AvgIpc) is 2.74. The first-order chi connectivity index (χ1) is 14.4. The highest BCUT2D eigenvalue weighted by Crippen LogP contribution is 2.20. The van der Waals surface area contributed by atoms with Crippen LogP contribution >= 0.6 is 11.6 Å². The van der Waals surface area contributed by atoms with E-state index in [0.29, 0.717) is 31.5 Å². The summed E-state index contributed by atoms with van der Waals surface area (Å²) in [6.07, 6.45) is 4.47. The fourth-order valence-corrected chi connectivity index (χ4v) is 4.79. The maximum absolute atomic E-state index is 12.4. The van der Waals surface area contributed by atoms with Crippen molar-refractivity contribution in [3.8, 4) is 0 Å². The molecule has 0 atom stereocenters. The molecule has 2 aromatic rings. The lowest BCUT2D eigenvalue weighted by Gasteiger charge is -2.32. The van der Waals surface area contributed by atoms with Gasteiger partial charge in [0.25, 0.3) is 5.91 Å². The summed E-state index contributed by atoms with van der Waals surface area (Å²) < 4.78 is 26.9. The van der Waals surface area contributed by atoms with Crippen LogP contribution in [0.3, 0.4) is 0 Å². The summed E-state index contributed by atoms with van der Waals surface area (Å²) >= 11 is 5.92. The van der Waals surface area contributed by atoms with E-state index in [-0.39, 0.29) is 40.7 Å². The number of piperidine rings is 1. The molecular weight excluding hydrogens is 428 g/mol. The fraction of sp³-hybridized carbons (Fsp3) is 0.350. The van der Waals surface area contributed by atoms with Crippen LogP contribution in [0.1, 0.15) is 29.6 Å². The van der Waals surface area contributed by atoms with Gasteiger partial charge in [-0.1, -0.05) is 23.7 Å². The summed E-state index contributed by atoms with van der Waals surface area (Å²) in [7, 11) is -3.77. The molecule has 1 aliphatic rings. The highest BCUT2D eigenvalue weighted by Gasteiger charge is 2.25. The van der Waals surface area contributed by atoms with Crippen LogP contribution in [0.2, 0.25) is 5.02 Å². The number of amides is 2. The molecule has 1 aliphatic heterocycles. The second-order valence-electron chi connectivity index (χ2n) is 6.95. The van der Waals surface area contributed by atoms with Gasteiger partial charge in [-0.05, 0) is 37.1 Å². The van der Waals surface area contributed by atoms with Crippen molar-refractivity contribution in [2.24, 2.45) is 0 Å². The lowest BCUT2D eigenvalue weighted by atomic mass is 10.0. The number of nitrogens with zero attached hydrogens (tertiary/aromatic N) is 2.